The number of rotatable bonds is 3. The molecule has 16 heavy (non-hydrogen) atoms. The number of carbonyl (C=O) groups excluding carboxylic acids is 1. The Hall–Kier alpha value is -1.24. The summed E-state index contributed by atoms with van der Waals surface area (Å²) in [6.07, 6.45) is -2.82. The Labute approximate surface area is 98.9 Å². The van der Waals surface area contributed by atoms with Crippen molar-refractivity contribution in [2.75, 3.05) is 12.8 Å². The molecule has 1 aromatic heterocycles. The van der Waals surface area contributed by atoms with Crippen molar-refractivity contribution in [3.05, 3.63) is 21.9 Å². The zero-order valence-corrected chi connectivity index (χ0v) is 9.92. The van der Waals surface area contributed by atoms with Gasteiger partial charge < -0.3 is 10.5 Å². The van der Waals surface area contributed by atoms with Crippen LogP contribution >= 0.6 is 15.9 Å². The monoisotopic (exact) mass is 294 g/mol. The molecule has 0 atom stereocenters. The van der Waals surface area contributed by atoms with Gasteiger partial charge in [0.05, 0.1) is 30.5 Å². The van der Waals surface area contributed by atoms with E-state index in [1.807, 2.05) is 0 Å². The summed E-state index contributed by atoms with van der Waals surface area (Å²) >= 11 is 2.89. The quantitative estimate of drug-likeness (QED) is 0.685. The number of anilines is 1. The van der Waals surface area contributed by atoms with Crippen molar-refractivity contribution >= 4 is 27.6 Å². The third kappa shape index (κ3) is 2.88. The number of halogens is 3. The average molecular weight is 295 g/mol. The first-order chi connectivity index (χ1) is 7.45. The van der Waals surface area contributed by atoms with Crippen LogP contribution < -0.4 is 5.73 Å². The number of pyridine rings is 1. The van der Waals surface area contributed by atoms with Crippen molar-refractivity contribution in [2.24, 2.45) is 0 Å². The van der Waals surface area contributed by atoms with Gasteiger partial charge in [0.2, 0.25) is 0 Å². The number of nitrogen functional groups attached to an aromatic ring is 1. The maximum absolute atomic E-state index is 12.5. The van der Waals surface area contributed by atoms with Gasteiger partial charge in [0, 0.05) is 0 Å². The zero-order valence-electron chi connectivity index (χ0n) is 8.34. The molecule has 2 N–H and O–H groups in total. The lowest BCUT2D eigenvalue weighted by Crippen LogP contribution is -2.10. The number of nitrogens with zero attached hydrogens (tertiary/aromatic N) is 1. The summed E-state index contributed by atoms with van der Waals surface area (Å²) in [7, 11) is 1.22. The summed E-state index contributed by atoms with van der Waals surface area (Å²) in [5.74, 6) is -0.532. The van der Waals surface area contributed by atoms with Gasteiger partial charge in [0.1, 0.15) is 4.60 Å². The maximum atomic E-state index is 12.5. The molecule has 0 aliphatic carbocycles. The van der Waals surface area contributed by atoms with Crippen LogP contribution in [0.5, 0.6) is 0 Å². The lowest BCUT2D eigenvalue weighted by molar-refractivity contribution is -0.139. The minimum absolute atomic E-state index is 0.0180. The van der Waals surface area contributed by atoms with Crippen molar-refractivity contribution in [1.29, 1.82) is 0 Å². The Morgan fingerprint density at radius 1 is 1.69 bits per heavy atom. The molecule has 0 amide bonds. The van der Waals surface area contributed by atoms with Crippen LogP contribution in [-0.4, -0.2) is 18.1 Å². The Kier molecular flexibility index (Phi) is 4.17. The van der Waals surface area contributed by atoms with Crippen molar-refractivity contribution < 1.29 is 18.3 Å². The third-order valence-electron chi connectivity index (χ3n) is 1.89. The lowest BCUT2D eigenvalue weighted by Gasteiger charge is -2.08. The Balaban J connectivity index is 3.05. The van der Waals surface area contributed by atoms with Gasteiger partial charge in [0.25, 0.3) is 6.43 Å². The van der Waals surface area contributed by atoms with Crippen LogP contribution in [0, 0.1) is 0 Å². The van der Waals surface area contributed by atoms with Gasteiger partial charge in [-0.05, 0) is 22.0 Å². The first-order valence-corrected chi connectivity index (χ1v) is 5.04. The van der Waals surface area contributed by atoms with E-state index in [9.17, 15) is 13.6 Å². The van der Waals surface area contributed by atoms with Gasteiger partial charge in [-0.1, -0.05) is 0 Å². The minimum atomic E-state index is -2.67. The van der Waals surface area contributed by atoms with Gasteiger partial charge in [-0.2, -0.15) is 0 Å². The van der Waals surface area contributed by atoms with Gasteiger partial charge in [0.15, 0.2) is 0 Å². The van der Waals surface area contributed by atoms with Crippen LogP contribution in [0.15, 0.2) is 10.7 Å². The second kappa shape index (κ2) is 5.20. The van der Waals surface area contributed by atoms with Gasteiger partial charge in [-0.15, -0.1) is 0 Å². The van der Waals surface area contributed by atoms with E-state index in [-0.39, 0.29) is 28.0 Å². The summed E-state index contributed by atoms with van der Waals surface area (Å²) in [5.41, 5.74) is 5.46. The lowest BCUT2D eigenvalue weighted by atomic mass is 10.2. The van der Waals surface area contributed by atoms with Crippen LogP contribution in [0.25, 0.3) is 0 Å². The van der Waals surface area contributed by atoms with Gasteiger partial charge >= 0.3 is 5.97 Å². The van der Waals surface area contributed by atoms with E-state index in [1.165, 1.54) is 7.11 Å². The summed E-state index contributed by atoms with van der Waals surface area (Å²) < 4.78 is 29.3. The fraction of sp³-hybridized carbons (Fsp3) is 0.333. The first-order valence-electron chi connectivity index (χ1n) is 4.25. The van der Waals surface area contributed by atoms with E-state index in [0.717, 1.165) is 6.07 Å². The Morgan fingerprint density at radius 3 is 2.81 bits per heavy atom. The normalized spacial score (nSPS) is 10.6. The molecule has 0 aromatic carbocycles. The highest BCUT2D eigenvalue weighted by Gasteiger charge is 2.17. The molecule has 88 valence electrons. The van der Waals surface area contributed by atoms with Crippen molar-refractivity contribution in [1.82, 2.24) is 4.98 Å². The number of nitrogens with two attached hydrogens (primary N) is 1. The van der Waals surface area contributed by atoms with E-state index < -0.39 is 12.4 Å². The van der Waals surface area contributed by atoms with Gasteiger partial charge in [-0.25, -0.2) is 13.8 Å². The summed E-state index contributed by atoms with van der Waals surface area (Å²) in [4.78, 5) is 14.8. The second-order valence-corrected chi connectivity index (χ2v) is 3.71. The standard InChI is InChI=1S/C9H9BrF2N2O2/c1-16-7(15)3-6-5(13)2-4(9(11)12)8(10)14-6/h2,9H,3,13H2,1H3. The van der Waals surface area contributed by atoms with E-state index in [0.29, 0.717) is 0 Å². The van der Waals surface area contributed by atoms with Crippen LogP contribution in [0.4, 0.5) is 14.5 Å². The fourth-order valence-corrected chi connectivity index (χ4v) is 1.56. The molecule has 1 rings (SSSR count). The topological polar surface area (TPSA) is 65.2 Å². The van der Waals surface area contributed by atoms with Crippen LogP contribution in [0.3, 0.4) is 0 Å². The van der Waals surface area contributed by atoms with Crippen molar-refractivity contribution in [3.63, 3.8) is 0 Å². The molecule has 4 nitrogen and oxygen atoms in total. The molecule has 1 heterocycles. The first kappa shape index (κ1) is 12.8. The van der Waals surface area contributed by atoms with Crippen molar-refractivity contribution in [2.45, 2.75) is 12.8 Å². The largest absolute Gasteiger partial charge is 0.469 e. The molecule has 1 aromatic rings. The predicted octanol–water partition coefficient (Wildman–Crippen LogP) is 2.08. The van der Waals surface area contributed by atoms with Crippen LogP contribution in [0.2, 0.25) is 0 Å². The number of esters is 1. The van der Waals surface area contributed by atoms with Crippen LogP contribution in [-0.2, 0) is 16.0 Å². The fourth-order valence-electron chi connectivity index (χ4n) is 1.06. The number of carbonyl (C=O) groups is 1. The number of methoxy groups -OCH3 is 1. The zero-order chi connectivity index (χ0) is 12.3. The molecule has 0 saturated carbocycles. The molecule has 0 unspecified atom stereocenters. The Bertz CT molecular complexity index is 413. The molecular weight excluding hydrogens is 286 g/mol. The average Bonchev–Trinajstić information content (AvgIpc) is 2.22. The van der Waals surface area contributed by atoms with Crippen molar-refractivity contribution in [3.8, 4) is 0 Å². The highest BCUT2D eigenvalue weighted by atomic mass is 79.9. The summed E-state index contributed by atoms with van der Waals surface area (Å²) in [6.45, 7) is 0. The summed E-state index contributed by atoms with van der Waals surface area (Å²) in [6, 6.07) is 1.10. The van der Waals surface area contributed by atoms with E-state index in [1.54, 1.807) is 0 Å². The SMILES string of the molecule is COC(=O)Cc1nc(Br)c(C(F)F)cc1N. The maximum Gasteiger partial charge on any atom is 0.311 e. The Morgan fingerprint density at radius 2 is 2.31 bits per heavy atom. The second-order valence-electron chi connectivity index (χ2n) is 2.96. The number of hydrogen-bond acceptors (Lipinski definition) is 4. The molecule has 0 bridgehead atoms. The van der Waals surface area contributed by atoms with E-state index in [2.05, 4.69) is 25.7 Å². The summed E-state index contributed by atoms with van der Waals surface area (Å²) in [5, 5.41) is 0. The van der Waals surface area contributed by atoms with Crippen LogP contribution in [0.1, 0.15) is 17.7 Å². The smallest absolute Gasteiger partial charge is 0.311 e. The molecular formula is C9H9BrF2N2O2. The highest BCUT2D eigenvalue weighted by molar-refractivity contribution is 9.10. The van der Waals surface area contributed by atoms with Gasteiger partial charge in [-0.3, -0.25) is 4.79 Å². The number of aromatic nitrogens is 1. The number of hydrogen-bond donors (Lipinski definition) is 1. The molecule has 0 aliphatic heterocycles. The number of alkyl halides is 2. The third-order valence-corrected chi connectivity index (χ3v) is 2.53. The predicted molar refractivity (Wildman–Crippen MR) is 57.0 cm³/mol. The molecule has 0 saturated heterocycles. The molecule has 0 aliphatic rings. The minimum Gasteiger partial charge on any atom is -0.469 e. The molecule has 0 radical (unpaired) electrons. The van der Waals surface area contributed by atoms with E-state index >= 15 is 0 Å². The molecule has 0 spiro atoms. The molecule has 7 heteroatoms. The molecule has 0 fully saturated rings. The highest BCUT2D eigenvalue weighted by Crippen LogP contribution is 2.29. The van der Waals surface area contributed by atoms with E-state index in [4.69, 9.17) is 5.73 Å². The number of ether oxygens (including phenoxy) is 1.